The zero-order valence-electron chi connectivity index (χ0n) is 20.8. The van der Waals surface area contributed by atoms with E-state index in [1.807, 2.05) is 11.4 Å². The summed E-state index contributed by atoms with van der Waals surface area (Å²) in [5.41, 5.74) is 1.91. The molecule has 0 aromatic carbocycles. The molecule has 0 amide bonds. The van der Waals surface area contributed by atoms with Crippen LogP contribution in [0.2, 0.25) is 0 Å². The summed E-state index contributed by atoms with van der Waals surface area (Å²) in [6.45, 7) is 6.27. The average molecular weight is 559 g/mol. The van der Waals surface area contributed by atoms with E-state index in [1.165, 1.54) is 38.0 Å². The van der Waals surface area contributed by atoms with Gasteiger partial charge in [0.15, 0.2) is 9.92 Å². The molecule has 13 heteroatoms. The van der Waals surface area contributed by atoms with Gasteiger partial charge in [0.1, 0.15) is 4.75 Å². The summed E-state index contributed by atoms with van der Waals surface area (Å²) >= 11 is 2.21. The number of esters is 2. The van der Waals surface area contributed by atoms with Crippen LogP contribution in [-0.2, 0) is 20.7 Å². The van der Waals surface area contributed by atoms with Crippen LogP contribution in [0.25, 0.3) is 11.2 Å². The highest BCUT2D eigenvalue weighted by atomic mass is 32.2. The maximum absolute atomic E-state index is 12.4. The number of carbonyl (C=O) groups excluding carboxylic acids is 2. The summed E-state index contributed by atoms with van der Waals surface area (Å²) in [5, 5.41) is 1.83. The number of nitrogens with zero attached hydrogens (tertiary/aromatic N) is 4. The number of unbranched alkanes of at least 4 members (excludes halogenated alkanes) is 4. The molecule has 0 saturated carbocycles. The second-order valence-electron chi connectivity index (χ2n) is 8.86. The van der Waals surface area contributed by atoms with E-state index < -0.39 is 22.9 Å². The lowest BCUT2D eigenvalue weighted by molar-refractivity contribution is -0.202. The third-order valence-electron chi connectivity index (χ3n) is 5.38. The Morgan fingerprint density at radius 1 is 1.11 bits per heavy atom. The summed E-state index contributed by atoms with van der Waals surface area (Å²) < 4.78 is 46.3. The molecular formula is C24H29F3N4O4S2. The Morgan fingerprint density at radius 3 is 2.57 bits per heavy atom. The van der Waals surface area contributed by atoms with Gasteiger partial charge >= 0.3 is 18.1 Å². The minimum Gasteiger partial charge on any atom is -0.422 e. The Kier molecular flexibility index (Phi) is 9.93. The quantitative estimate of drug-likeness (QED) is 0.105. The smallest absolute Gasteiger partial charge is 0.422 e. The molecule has 0 atom stereocenters. The summed E-state index contributed by atoms with van der Waals surface area (Å²) in [7, 11) is 0. The first kappa shape index (κ1) is 28.9. The number of oxazole rings is 1. The fourth-order valence-electron chi connectivity index (χ4n) is 3.33. The Bertz CT molecular complexity index is 1160. The number of anilines is 1. The van der Waals surface area contributed by atoms with Crippen LogP contribution in [0.5, 0.6) is 0 Å². The van der Waals surface area contributed by atoms with Gasteiger partial charge in [0.25, 0.3) is 6.01 Å². The molecule has 0 spiro atoms. The van der Waals surface area contributed by atoms with Crippen molar-refractivity contribution >= 4 is 52.3 Å². The Morgan fingerprint density at radius 2 is 1.86 bits per heavy atom. The number of pyridine rings is 1. The molecule has 37 heavy (non-hydrogen) atoms. The first-order chi connectivity index (χ1) is 17.5. The summed E-state index contributed by atoms with van der Waals surface area (Å²) in [5.74, 6) is -3.81. The molecule has 0 radical (unpaired) electrons. The van der Waals surface area contributed by atoms with E-state index in [0.29, 0.717) is 34.6 Å². The number of hydrogen-bond acceptors (Lipinski definition) is 10. The Labute approximate surface area is 221 Å². The van der Waals surface area contributed by atoms with Gasteiger partial charge in [0.2, 0.25) is 5.65 Å². The molecule has 3 rings (SSSR count). The molecule has 0 N–H and O–H groups in total. The standard InChI is InChI=1S/C24H29F3N4O4S2/c1-4-5-6-7-8-13-31(21-30-18-17(34-21)10-9-12-28-18)14-11-16-15-36-22(29-16)37-23(2,3)19(32)35-20(33)24(25,26)27/h9-10,12,15H,4-8,11,13-14H2,1-3H3. The van der Waals surface area contributed by atoms with Crippen LogP contribution in [0.4, 0.5) is 19.2 Å². The SMILES string of the molecule is CCCCCCCN(CCc1csc(SC(C)(C)C(=O)OC(=O)C(F)(F)F)n1)c1nc2ncccc2o1. The normalized spacial score (nSPS) is 12.2. The minimum atomic E-state index is -5.24. The molecule has 0 aliphatic carbocycles. The van der Waals surface area contributed by atoms with E-state index >= 15 is 0 Å². The fraction of sp³-hybridized carbons (Fsp3) is 0.542. The number of thioether (sulfide) groups is 1. The van der Waals surface area contributed by atoms with E-state index in [-0.39, 0.29) is 0 Å². The number of hydrogen-bond donors (Lipinski definition) is 0. The topological polar surface area (TPSA) is 98.4 Å². The highest BCUT2D eigenvalue weighted by Crippen LogP contribution is 2.36. The van der Waals surface area contributed by atoms with Gasteiger partial charge in [-0.1, -0.05) is 44.4 Å². The van der Waals surface area contributed by atoms with Crippen molar-refractivity contribution in [1.82, 2.24) is 15.0 Å². The summed E-state index contributed by atoms with van der Waals surface area (Å²) in [4.78, 5) is 38.5. The van der Waals surface area contributed by atoms with Gasteiger partial charge < -0.3 is 14.1 Å². The van der Waals surface area contributed by atoms with Crippen molar-refractivity contribution in [2.24, 2.45) is 0 Å². The highest BCUT2D eigenvalue weighted by molar-refractivity contribution is 8.03. The lowest BCUT2D eigenvalue weighted by Crippen LogP contribution is -2.36. The molecule has 3 aromatic rings. The molecule has 3 heterocycles. The minimum absolute atomic E-state index is 0.480. The zero-order chi connectivity index (χ0) is 27.1. The summed E-state index contributed by atoms with van der Waals surface area (Å²) in [6, 6.07) is 4.10. The summed E-state index contributed by atoms with van der Waals surface area (Å²) in [6.07, 6.45) is 2.60. The van der Waals surface area contributed by atoms with Gasteiger partial charge in [0, 0.05) is 31.1 Å². The molecule has 202 valence electrons. The van der Waals surface area contributed by atoms with E-state index in [2.05, 4.69) is 31.5 Å². The molecule has 0 aliphatic rings. The van der Waals surface area contributed by atoms with Gasteiger partial charge in [-0.25, -0.2) is 14.8 Å². The molecule has 3 aromatic heterocycles. The van der Waals surface area contributed by atoms with Gasteiger partial charge in [-0.05, 0) is 32.4 Å². The van der Waals surface area contributed by atoms with Gasteiger partial charge in [-0.15, -0.1) is 11.3 Å². The molecule has 0 unspecified atom stereocenters. The van der Waals surface area contributed by atoms with Crippen LogP contribution in [-0.4, -0.2) is 50.9 Å². The largest absolute Gasteiger partial charge is 0.491 e. The van der Waals surface area contributed by atoms with Crippen molar-refractivity contribution in [3.63, 3.8) is 0 Å². The number of thiazole rings is 1. The van der Waals surface area contributed by atoms with Crippen LogP contribution in [0.3, 0.4) is 0 Å². The van der Waals surface area contributed by atoms with Crippen LogP contribution in [0.15, 0.2) is 32.5 Å². The Hall–Kier alpha value is -2.67. The van der Waals surface area contributed by atoms with Crippen molar-refractivity contribution in [3.8, 4) is 0 Å². The number of alkyl halides is 3. The molecule has 0 bridgehead atoms. The number of ether oxygens (including phenoxy) is 1. The van der Waals surface area contributed by atoms with E-state index in [1.54, 1.807) is 12.3 Å². The molecule has 8 nitrogen and oxygen atoms in total. The van der Waals surface area contributed by atoms with Gasteiger partial charge in [-0.3, -0.25) is 4.79 Å². The Balaban J connectivity index is 1.62. The molecule has 0 aliphatic heterocycles. The molecule has 0 fully saturated rings. The van der Waals surface area contributed by atoms with Gasteiger partial charge in [0.05, 0.1) is 5.69 Å². The second-order valence-corrected chi connectivity index (χ2v) is 11.6. The van der Waals surface area contributed by atoms with Gasteiger partial charge in [-0.2, -0.15) is 18.2 Å². The predicted octanol–water partition coefficient (Wildman–Crippen LogP) is 6.20. The lowest BCUT2D eigenvalue weighted by atomic mass is 10.1. The second kappa shape index (κ2) is 12.7. The number of carbonyl (C=O) groups is 2. The van der Waals surface area contributed by atoms with Crippen LogP contribution in [0.1, 0.15) is 58.6 Å². The number of halogens is 3. The molecule has 0 saturated heterocycles. The van der Waals surface area contributed by atoms with E-state index in [0.717, 1.165) is 43.3 Å². The average Bonchev–Trinajstić information content (AvgIpc) is 3.46. The first-order valence-electron chi connectivity index (χ1n) is 11.9. The van der Waals surface area contributed by atoms with Crippen molar-refractivity contribution < 1.29 is 31.9 Å². The maximum Gasteiger partial charge on any atom is 0.491 e. The lowest BCUT2D eigenvalue weighted by Gasteiger charge is -2.20. The van der Waals surface area contributed by atoms with Crippen molar-refractivity contribution in [2.75, 3.05) is 18.0 Å². The third-order valence-corrected chi connectivity index (χ3v) is 7.54. The van der Waals surface area contributed by atoms with Crippen LogP contribution >= 0.6 is 23.1 Å². The number of fused-ring (bicyclic) bond motifs is 1. The predicted molar refractivity (Wildman–Crippen MR) is 136 cm³/mol. The fourth-order valence-corrected chi connectivity index (χ4v) is 5.59. The third kappa shape index (κ3) is 8.42. The number of aromatic nitrogens is 3. The van der Waals surface area contributed by atoms with Crippen molar-refractivity contribution in [2.45, 2.75) is 74.6 Å². The maximum atomic E-state index is 12.4. The zero-order valence-corrected chi connectivity index (χ0v) is 22.5. The first-order valence-corrected chi connectivity index (χ1v) is 13.6. The van der Waals surface area contributed by atoms with Crippen LogP contribution in [0, 0.1) is 0 Å². The van der Waals surface area contributed by atoms with E-state index in [9.17, 15) is 22.8 Å². The molecular weight excluding hydrogens is 529 g/mol. The monoisotopic (exact) mass is 558 g/mol. The highest BCUT2D eigenvalue weighted by Gasteiger charge is 2.45. The van der Waals surface area contributed by atoms with Crippen LogP contribution < -0.4 is 4.90 Å². The van der Waals surface area contributed by atoms with Crippen molar-refractivity contribution in [3.05, 3.63) is 29.4 Å². The number of rotatable bonds is 13. The van der Waals surface area contributed by atoms with Crippen molar-refractivity contribution in [1.29, 1.82) is 0 Å². The van der Waals surface area contributed by atoms with E-state index in [4.69, 9.17) is 4.42 Å².